The van der Waals surface area contributed by atoms with Crippen LogP contribution in [0.15, 0.2) is 0 Å². The van der Waals surface area contributed by atoms with E-state index in [9.17, 15) is 0 Å². The van der Waals surface area contributed by atoms with Crippen molar-refractivity contribution in [1.82, 2.24) is 4.57 Å². The highest BCUT2D eigenvalue weighted by molar-refractivity contribution is 6.48. The van der Waals surface area contributed by atoms with Crippen LogP contribution in [0, 0.1) is 0 Å². The molecule has 0 aromatic heterocycles. The molecule has 1 radical (unpaired) electrons. The molecule has 0 saturated heterocycles. The Morgan fingerprint density at radius 3 is 2.00 bits per heavy atom. The Labute approximate surface area is 66.0 Å². The van der Waals surface area contributed by atoms with Crippen molar-refractivity contribution in [3.8, 4) is 0 Å². The lowest BCUT2D eigenvalue weighted by atomic mass is 10.5. The van der Waals surface area contributed by atoms with Gasteiger partial charge in [-0.2, -0.15) is 0 Å². The predicted molar refractivity (Wildman–Crippen MR) is 46.1 cm³/mol. The van der Waals surface area contributed by atoms with Crippen LogP contribution in [-0.2, 0) is 4.43 Å². The maximum Gasteiger partial charge on any atom is 0.305 e. The minimum absolute atomic E-state index is 0.372. The third-order valence-corrected chi connectivity index (χ3v) is 3.52. The summed E-state index contributed by atoms with van der Waals surface area (Å²) in [6.45, 7) is 6.35. The second-order valence-corrected chi connectivity index (χ2v) is 5.43. The standard InChI is InChI=1S/C7H18NOSi/c1-6-10(8(4)5)9-7(2)3/h7H,6H2,1-5H3. The van der Waals surface area contributed by atoms with Crippen molar-refractivity contribution < 1.29 is 4.43 Å². The molecule has 0 heterocycles. The highest BCUT2D eigenvalue weighted by Gasteiger charge is 2.14. The molecule has 0 atom stereocenters. The molecule has 0 aliphatic rings. The number of hydrogen-bond acceptors (Lipinski definition) is 2. The van der Waals surface area contributed by atoms with Crippen LogP contribution in [0.25, 0.3) is 0 Å². The van der Waals surface area contributed by atoms with Gasteiger partial charge >= 0.3 is 9.20 Å². The Morgan fingerprint density at radius 1 is 1.40 bits per heavy atom. The molecule has 0 amide bonds. The van der Waals surface area contributed by atoms with Gasteiger partial charge in [-0.05, 0) is 34.0 Å². The summed E-state index contributed by atoms with van der Waals surface area (Å²) >= 11 is 0. The lowest BCUT2D eigenvalue weighted by Gasteiger charge is -2.21. The van der Waals surface area contributed by atoms with Gasteiger partial charge in [-0.1, -0.05) is 6.92 Å². The third kappa shape index (κ3) is 4.03. The van der Waals surface area contributed by atoms with Gasteiger partial charge in [0.15, 0.2) is 0 Å². The smallest absolute Gasteiger partial charge is 0.305 e. The largest absolute Gasteiger partial charge is 0.400 e. The Hall–Kier alpha value is 0.137. The van der Waals surface area contributed by atoms with Crippen molar-refractivity contribution in [2.24, 2.45) is 0 Å². The molecule has 3 heteroatoms. The molecule has 61 valence electrons. The van der Waals surface area contributed by atoms with Crippen LogP contribution in [0.4, 0.5) is 0 Å². The molecule has 2 nitrogen and oxygen atoms in total. The first kappa shape index (κ1) is 10.1. The molecule has 0 unspecified atom stereocenters. The molecule has 0 spiro atoms. The fourth-order valence-corrected chi connectivity index (χ4v) is 2.33. The molecule has 0 bridgehead atoms. The molecule has 0 rings (SSSR count). The van der Waals surface area contributed by atoms with Crippen LogP contribution >= 0.6 is 0 Å². The van der Waals surface area contributed by atoms with E-state index in [2.05, 4.69) is 39.4 Å². The summed E-state index contributed by atoms with van der Waals surface area (Å²) in [6, 6.07) is 1.15. The highest BCUT2D eigenvalue weighted by atomic mass is 28.3. The van der Waals surface area contributed by atoms with E-state index in [4.69, 9.17) is 4.43 Å². The normalized spacial score (nSPS) is 12.0. The molecule has 10 heavy (non-hydrogen) atoms. The number of nitrogens with zero attached hydrogens (tertiary/aromatic N) is 1. The first-order chi connectivity index (χ1) is 4.57. The van der Waals surface area contributed by atoms with Crippen molar-refractivity contribution in [3.63, 3.8) is 0 Å². The first-order valence-electron chi connectivity index (χ1n) is 3.77. The van der Waals surface area contributed by atoms with Gasteiger partial charge in [0.25, 0.3) is 0 Å². The van der Waals surface area contributed by atoms with Crippen LogP contribution in [0.3, 0.4) is 0 Å². The van der Waals surface area contributed by atoms with Crippen molar-refractivity contribution in [1.29, 1.82) is 0 Å². The van der Waals surface area contributed by atoms with Crippen LogP contribution in [0.2, 0.25) is 6.04 Å². The molecule has 0 aromatic carbocycles. The average molecular weight is 160 g/mol. The molecular weight excluding hydrogens is 142 g/mol. The molecule has 0 aliphatic heterocycles. The van der Waals surface area contributed by atoms with E-state index in [0.717, 1.165) is 6.04 Å². The first-order valence-corrected chi connectivity index (χ1v) is 5.34. The fourth-order valence-electron chi connectivity index (χ4n) is 0.777. The molecule has 0 fully saturated rings. The van der Waals surface area contributed by atoms with E-state index >= 15 is 0 Å². The molecule has 0 N–H and O–H groups in total. The highest BCUT2D eigenvalue weighted by Crippen LogP contribution is 2.00. The molecule has 0 aromatic rings. The zero-order valence-electron chi connectivity index (χ0n) is 7.64. The molecule has 0 aliphatic carbocycles. The van der Waals surface area contributed by atoms with Crippen molar-refractivity contribution in [3.05, 3.63) is 0 Å². The molecular formula is C7H18NOSi. The SMILES string of the molecule is CC[Si](OC(C)C)N(C)C. The summed E-state index contributed by atoms with van der Waals surface area (Å²) in [5.41, 5.74) is 0. The Morgan fingerprint density at radius 2 is 1.90 bits per heavy atom. The topological polar surface area (TPSA) is 12.5 Å². The third-order valence-electron chi connectivity index (χ3n) is 1.17. The van der Waals surface area contributed by atoms with Crippen LogP contribution < -0.4 is 0 Å². The molecule has 0 saturated carbocycles. The zero-order valence-corrected chi connectivity index (χ0v) is 8.64. The van der Waals surface area contributed by atoms with Crippen molar-refractivity contribution >= 4 is 9.20 Å². The van der Waals surface area contributed by atoms with E-state index in [1.54, 1.807) is 0 Å². The van der Waals surface area contributed by atoms with Gasteiger partial charge in [0.05, 0.1) is 0 Å². The summed E-state index contributed by atoms with van der Waals surface area (Å²) in [7, 11) is 3.50. The summed E-state index contributed by atoms with van der Waals surface area (Å²) in [5, 5.41) is 0. The second kappa shape index (κ2) is 4.88. The lowest BCUT2D eigenvalue weighted by Crippen LogP contribution is -2.37. The monoisotopic (exact) mass is 160 g/mol. The fraction of sp³-hybridized carbons (Fsp3) is 1.00. The summed E-state index contributed by atoms with van der Waals surface area (Å²) in [5.74, 6) is 0. The maximum absolute atomic E-state index is 5.69. The van der Waals surface area contributed by atoms with E-state index < -0.39 is 9.20 Å². The summed E-state index contributed by atoms with van der Waals surface area (Å²) in [4.78, 5) is 0. The zero-order chi connectivity index (χ0) is 8.15. The number of hydrogen-bond donors (Lipinski definition) is 0. The Balaban J connectivity index is 3.60. The van der Waals surface area contributed by atoms with E-state index in [1.807, 2.05) is 0 Å². The minimum atomic E-state index is -0.667. The van der Waals surface area contributed by atoms with E-state index in [-0.39, 0.29) is 0 Å². The van der Waals surface area contributed by atoms with Crippen molar-refractivity contribution in [2.45, 2.75) is 32.9 Å². The van der Waals surface area contributed by atoms with Gasteiger partial charge in [-0.25, -0.2) is 0 Å². The van der Waals surface area contributed by atoms with Crippen LogP contribution in [-0.4, -0.2) is 34.0 Å². The quantitative estimate of drug-likeness (QED) is 0.578. The summed E-state index contributed by atoms with van der Waals surface area (Å²) < 4.78 is 7.89. The van der Waals surface area contributed by atoms with Crippen molar-refractivity contribution in [2.75, 3.05) is 14.1 Å². The van der Waals surface area contributed by atoms with E-state index in [0.29, 0.717) is 6.10 Å². The second-order valence-electron chi connectivity index (χ2n) is 2.81. The average Bonchev–Trinajstić information content (AvgIpc) is 1.81. The number of rotatable bonds is 4. The van der Waals surface area contributed by atoms with Gasteiger partial charge in [0, 0.05) is 6.10 Å². The summed E-state index contributed by atoms with van der Waals surface area (Å²) in [6.07, 6.45) is 0.372. The van der Waals surface area contributed by atoms with E-state index in [1.165, 1.54) is 0 Å². The van der Waals surface area contributed by atoms with Gasteiger partial charge in [-0.3, -0.25) is 0 Å². The Bertz CT molecular complexity index is 85.7. The maximum atomic E-state index is 5.69. The Kier molecular flexibility index (Phi) is 4.94. The predicted octanol–water partition coefficient (Wildman–Crippen LogP) is 1.48. The van der Waals surface area contributed by atoms with Gasteiger partial charge in [-0.15, -0.1) is 0 Å². The lowest BCUT2D eigenvalue weighted by molar-refractivity contribution is 0.217. The van der Waals surface area contributed by atoms with Crippen LogP contribution in [0.1, 0.15) is 20.8 Å². The minimum Gasteiger partial charge on any atom is -0.400 e. The van der Waals surface area contributed by atoms with Crippen LogP contribution in [0.5, 0.6) is 0 Å². The van der Waals surface area contributed by atoms with Gasteiger partial charge < -0.3 is 8.99 Å². The van der Waals surface area contributed by atoms with Gasteiger partial charge in [0.1, 0.15) is 0 Å². The van der Waals surface area contributed by atoms with Gasteiger partial charge in [0.2, 0.25) is 0 Å².